The Kier molecular flexibility index (Phi) is 5.69. The average Bonchev–Trinajstić information content (AvgIpc) is 3.24. The highest BCUT2D eigenvalue weighted by Crippen LogP contribution is 2.43. The molecule has 1 atom stereocenters. The van der Waals surface area contributed by atoms with Crippen molar-refractivity contribution in [2.45, 2.75) is 25.2 Å². The van der Waals surface area contributed by atoms with E-state index in [1.165, 1.54) is 0 Å². The highest BCUT2D eigenvalue weighted by molar-refractivity contribution is 5.71. The topological polar surface area (TPSA) is 105 Å². The highest BCUT2D eigenvalue weighted by Gasteiger charge is 2.44. The highest BCUT2D eigenvalue weighted by atomic mass is 16.5. The standard InChI is InChI=1S/C27H32N6O3/c1-26(17-34)14-30-24-20(26)11-18(13-29-24)21-5-8-28-25(31-21)32-22-4-3-19(12-23(22)35-2)33-15-27(16-33)6-9-36-10-7-27/h3-5,8,11-13,34H,6-7,9-10,14-17H2,1-2H3,(H,29,30)(H,28,31,32). The number of benzene rings is 1. The first-order chi connectivity index (χ1) is 17.5. The van der Waals surface area contributed by atoms with E-state index in [1.54, 1.807) is 19.5 Å². The Labute approximate surface area is 210 Å². The molecule has 3 aromatic rings. The molecule has 36 heavy (non-hydrogen) atoms. The minimum Gasteiger partial charge on any atom is -0.494 e. The van der Waals surface area contributed by atoms with Gasteiger partial charge in [0.15, 0.2) is 0 Å². The van der Waals surface area contributed by atoms with Gasteiger partial charge in [-0.2, -0.15) is 0 Å². The number of aliphatic hydroxyl groups excluding tert-OH is 1. The van der Waals surface area contributed by atoms with E-state index in [1.807, 2.05) is 19.1 Å². The Morgan fingerprint density at radius 3 is 2.78 bits per heavy atom. The van der Waals surface area contributed by atoms with Gasteiger partial charge in [0.2, 0.25) is 5.95 Å². The largest absolute Gasteiger partial charge is 0.494 e. The van der Waals surface area contributed by atoms with Crippen LogP contribution < -0.4 is 20.3 Å². The maximum absolute atomic E-state index is 9.91. The van der Waals surface area contributed by atoms with Crippen molar-refractivity contribution < 1.29 is 14.6 Å². The van der Waals surface area contributed by atoms with Crippen molar-refractivity contribution in [3.8, 4) is 17.0 Å². The number of anilines is 4. The number of methoxy groups -OCH3 is 1. The number of aromatic nitrogens is 3. The van der Waals surface area contributed by atoms with Gasteiger partial charge < -0.3 is 30.1 Å². The molecule has 0 aliphatic carbocycles. The lowest BCUT2D eigenvalue weighted by atomic mass is 9.73. The van der Waals surface area contributed by atoms with Crippen LogP contribution in [-0.4, -0.2) is 66.6 Å². The Bertz CT molecular complexity index is 1270. The molecule has 2 aromatic heterocycles. The number of hydrogen-bond donors (Lipinski definition) is 3. The van der Waals surface area contributed by atoms with Crippen LogP contribution in [0.1, 0.15) is 25.3 Å². The lowest BCUT2D eigenvalue weighted by Gasteiger charge is -2.53. The summed E-state index contributed by atoms with van der Waals surface area (Å²) in [5.74, 6) is 2.04. The number of fused-ring (bicyclic) bond motifs is 1. The molecule has 3 aliphatic heterocycles. The molecule has 1 unspecified atom stereocenters. The lowest BCUT2D eigenvalue weighted by Crippen LogP contribution is -2.58. The van der Waals surface area contributed by atoms with Gasteiger partial charge in [0.1, 0.15) is 11.6 Å². The number of rotatable bonds is 6. The maximum Gasteiger partial charge on any atom is 0.227 e. The van der Waals surface area contributed by atoms with Crippen LogP contribution in [0.3, 0.4) is 0 Å². The molecule has 2 saturated heterocycles. The molecule has 2 fully saturated rings. The van der Waals surface area contributed by atoms with Gasteiger partial charge in [0.05, 0.1) is 25.1 Å². The zero-order valence-corrected chi connectivity index (χ0v) is 20.8. The van der Waals surface area contributed by atoms with Crippen LogP contribution in [0.5, 0.6) is 5.75 Å². The second-order valence-corrected chi connectivity index (χ2v) is 10.4. The molecule has 0 amide bonds. The van der Waals surface area contributed by atoms with E-state index >= 15 is 0 Å². The number of nitrogens with one attached hydrogen (secondary N) is 2. The van der Waals surface area contributed by atoms with Gasteiger partial charge in [-0.05, 0) is 37.1 Å². The van der Waals surface area contributed by atoms with Crippen LogP contribution >= 0.6 is 0 Å². The zero-order valence-electron chi connectivity index (χ0n) is 20.8. The Morgan fingerprint density at radius 2 is 2.00 bits per heavy atom. The second kappa shape index (κ2) is 8.90. The molecule has 0 radical (unpaired) electrons. The number of hydrogen-bond acceptors (Lipinski definition) is 9. The summed E-state index contributed by atoms with van der Waals surface area (Å²) in [5.41, 5.74) is 4.66. The minimum atomic E-state index is -0.359. The zero-order chi connectivity index (χ0) is 24.8. The average molecular weight is 489 g/mol. The van der Waals surface area contributed by atoms with E-state index in [0.29, 0.717) is 17.9 Å². The van der Waals surface area contributed by atoms with Crippen molar-refractivity contribution >= 4 is 23.1 Å². The summed E-state index contributed by atoms with van der Waals surface area (Å²) in [6.45, 7) is 6.63. The Morgan fingerprint density at radius 1 is 1.17 bits per heavy atom. The molecule has 5 heterocycles. The first-order valence-electron chi connectivity index (χ1n) is 12.5. The van der Waals surface area contributed by atoms with Crippen LogP contribution in [0.2, 0.25) is 0 Å². The van der Waals surface area contributed by atoms with Crippen molar-refractivity contribution in [2.24, 2.45) is 5.41 Å². The van der Waals surface area contributed by atoms with Crippen LogP contribution in [0, 0.1) is 5.41 Å². The fourth-order valence-electron chi connectivity index (χ4n) is 5.47. The third kappa shape index (κ3) is 4.02. The van der Waals surface area contributed by atoms with Crippen LogP contribution in [0.25, 0.3) is 11.3 Å². The van der Waals surface area contributed by atoms with Gasteiger partial charge in [0, 0.05) is 79.0 Å². The monoisotopic (exact) mass is 488 g/mol. The Balaban J connectivity index is 1.20. The van der Waals surface area contributed by atoms with Crippen molar-refractivity contribution in [1.82, 2.24) is 15.0 Å². The molecule has 3 N–H and O–H groups in total. The van der Waals surface area contributed by atoms with Crippen LogP contribution in [0.15, 0.2) is 42.7 Å². The summed E-state index contributed by atoms with van der Waals surface area (Å²) in [6, 6.07) is 10.1. The molecule has 6 rings (SSSR count). The molecule has 0 saturated carbocycles. The minimum absolute atomic E-state index is 0.0529. The van der Waals surface area contributed by atoms with Gasteiger partial charge >= 0.3 is 0 Å². The molecule has 3 aliphatic rings. The summed E-state index contributed by atoms with van der Waals surface area (Å²) < 4.78 is 11.3. The number of pyridine rings is 1. The molecular formula is C27H32N6O3. The van der Waals surface area contributed by atoms with Crippen molar-refractivity contribution in [1.29, 1.82) is 0 Å². The first kappa shape index (κ1) is 23.0. The lowest BCUT2D eigenvalue weighted by molar-refractivity contribution is -0.000201. The summed E-state index contributed by atoms with van der Waals surface area (Å²) in [6.07, 6.45) is 5.82. The molecule has 9 heteroatoms. The molecule has 9 nitrogen and oxygen atoms in total. The SMILES string of the molecule is COc1cc(N2CC3(CCOCC3)C2)ccc1Nc1nccc(-c2cnc3c(c2)C(C)(CO)CN3)n1. The van der Waals surface area contributed by atoms with Crippen LogP contribution in [-0.2, 0) is 10.2 Å². The van der Waals surface area contributed by atoms with Gasteiger partial charge in [-0.3, -0.25) is 0 Å². The van der Waals surface area contributed by atoms with Crippen molar-refractivity contribution in [2.75, 3.05) is 62.1 Å². The third-order valence-electron chi connectivity index (χ3n) is 7.89. The number of ether oxygens (including phenoxy) is 2. The maximum atomic E-state index is 9.91. The van der Waals surface area contributed by atoms with Gasteiger partial charge in [-0.1, -0.05) is 6.92 Å². The molecule has 1 aromatic carbocycles. The predicted octanol–water partition coefficient (Wildman–Crippen LogP) is 3.58. The normalized spacial score (nSPS) is 22.0. The fourth-order valence-corrected chi connectivity index (χ4v) is 5.47. The van der Waals surface area contributed by atoms with E-state index in [0.717, 1.165) is 78.9 Å². The molecule has 1 spiro atoms. The van der Waals surface area contributed by atoms with Gasteiger partial charge in [-0.25, -0.2) is 15.0 Å². The van der Waals surface area contributed by atoms with Gasteiger partial charge in [-0.15, -0.1) is 0 Å². The van der Waals surface area contributed by atoms with E-state index in [2.05, 4.69) is 43.7 Å². The fraction of sp³-hybridized carbons (Fsp3) is 0.444. The van der Waals surface area contributed by atoms with E-state index in [9.17, 15) is 5.11 Å². The summed E-state index contributed by atoms with van der Waals surface area (Å²) in [4.78, 5) is 16.1. The summed E-state index contributed by atoms with van der Waals surface area (Å²) in [5, 5.41) is 16.5. The third-order valence-corrected chi connectivity index (χ3v) is 7.89. The van der Waals surface area contributed by atoms with E-state index in [-0.39, 0.29) is 12.0 Å². The summed E-state index contributed by atoms with van der Waals surface area (Å²) in [7, 11) is 1.68. The molecule has 188 valence electrons. The first-order valence-corrected chi connectivity index (χ1v) is 12.5. The van der Waals surface area contributed by atoms with Crippen molar-refractivity contribution in [3.05, 3.63) is 48.3 Å². The van der Waals surface area contributed by atoms with E-state index < -0.39 is 0 Å². The smallest absolute Gasteiger partial charge is 0.227 e. The quantitative estimate of drug-likeness (QED) is 0.480. The number of aliphatic hydroxyl groups is 1. The van der Waals surface area contributed by atoms with Crippen molar-refractivity contribution in [3.63, 3.8) is 0 Å². The van der Waals surface area contributed by atoms with E-state index in [4.69, 9.17) is 14.5 Å². The molecular weight excluding hydrogens is 456 g/mol. The second-order valence-electron chi connectivity index (χ2n) is 10.4. The summed E-state index contributed by atoms with van der Waals surface area (Å²) >= 11 is 0. The Hall–Kier alpha value is -3.43. The van der Waals surface area contributed by atoms with Gasteiger partial charge in [0.25, 0.3) is 0 Å². The molecule has 0 bridgehead atoms. The predicted molar refractivity (Wildman–Crippen MR) is 139 cm³/mol. The number of nitrogens with zero attached hydrogens (tertiary/aromatic N) is 4. The van der Waals surface area contributed by atoms with Crippen LogP contribution in [0.4, 0.5) is 23.1 Å².